The normalized spacial score (nSPS) is 14.6. The summed E-state index contributed by atoms with van der Waals surface area (Å²) >= 11 is 5.76. The fraction of sp³-hybridized carbons (Fsp3) is 0.333. The van der Waals surface area contributed by atoms with Gasteiger partial charge < -0.3 is 0 Å². The van der Waals surface area contributed by atoms with Crippen molar-refractivity contribution in [2.24, 2.45) is 0 Å². The van der Waals surface area contributed by atoms with Crippen molar-refractivity contribution >= 4 is 27.3 Å². The van der Waals surface area contributed by atoms with Gasteiger partial charge in [-0.2, -0.15) is 0 Å². The second kappa shape index (κ2) is 5.36. The van der Waals surface area contributed by atoms with Gasteiger partial charge in [0.05, 0.1) is 4.83 Å². The summed E-state index contributed by atoms with van der Waals surface area (Å²) < 4.78 is 0. The topological polar surface area (TPSA) is 0 Å². The molecule has 0 fully saturated rings. The van der Waals surface area contributed by atoms with Gasteiger partial charge in [-0.25, -0.2) is 0 Å². The van der Waals surface area contributed by atoms with E-state index in [4.69, 9.17) is 0 Å². The minimum Gasteiger partial charge on any atom is -0.144 e. The van der Waals surface area contributed by atoms with E-state index < -0.39 is 0 Å². The summed E-state index contributed by atoms with van der Waals surface area (Å²) in [6.45, 7) is 6.65. The highest BCUT2D eigenvalue weighted by molar-refractivity contribution is 9.09. The zero-order valence-corrected chi connectivity index (χ0v) is 12.8. The molecule has 0 radical (unpaired) electrons. The molecular formula is C15H17BrS. The van der Waals surface area contributed by atoms with Crippen molar-refractivity contribution in [3.63, 3.8) is 0 Å². The first-order valence-electron chi connectivity index (χ1n) is 5.85. The van der Waals surface area contributed by atoms with Gasteiger partial charge in [0, 0.05) is 9.75 Å². The van der Waals surface area contributed by atoms with Crippen LogP contribution in [0.2, 0.25) is 0 Å². The number of hydrogen-bond donors (Lipinski definition) is 0. The third kappa shape index (κ3) is 2.80. The lowest BCUT2D eigenvalue weighted by Gasteiger charge is -2.18. The van der Waals surface area contributed by atoms with Gasteiger partial charge in [0.1, 0.15) is 0 Å². The first-order chi connectivity index (χ1) is 8.09. The first-order valence-corrected chi connectivity index (χ1v) is 7.58. The van der Waals surface area contributed by atoms with Crippen molar-refractivity contribution in [1.82, 2.24) is 0 Å². The summed E-state index contributed by atoms with van der Waals surface area (Å²) in [6.07, 6.45) is 0. The number of halogens is 1. The van der Waals surface area contributed by atoms with Crippen LogP contribution in [0.25, 0.3) is 0 Å². The highest BCUT2D eigenvalue weighted by Gasteiger charge is 2.21. The van der Waals surface area contributed by atoms with E-state index in [1.165, 1.54) is 20.9 Å². The van der Waals surface area contributed by atoms with E-state index in [0.717, 1.165) is 0 Å². The van der Waals surface area contributed by atoms with Crippen LogP contribution in [0, 0.1) is 13.8 Å². The molecule has 0 nitrogen and oxygen atoms in total. The Labute approximate surface area is 116 Å². The summed E-state index contributed by atoms with van der Waals surface area (Å²) in [4.78, 5) is 3.25. The van der Waals surface area contributed by atoms with E-state index in [0.29, 0.717) is 10.7 Å². The maximum absolute atomic E-state index is 3.86. The van der Waals surface area contributed by atoms with Gasteiger partial charge in [-0.3, -0.25) is 0 Å². The van der Waals surface area contributed by atoms with Crippen molar-refractivity contribution < 1.29 is 0 Å². The number of alkyl halides is 1. The van der Waals surface area contributed by atoms with Gasteiger partial charge in [0.15, 0.2) is 0 Å². The molecule has 90 valence electrons. The summed E-state index contributed by atoms with van der Waals surface area (Å²) in [6, 6.07) is 13.0. The SMILES string of the molecule is Cc1cc(C)c(C(Br)C(C)c2ccccc2)s1. The molecule has 0 saturated carbocycles. The molecule has 0 amide bonds. The van der Waals surface area contributed by atoms with Crippen LogP contribution in [-0.4, -0.2) is 0 Å². The third-order valence-corrected chi connectivity index (χ3v) is 5.88. The Morgan fingerprint density at radius 1 is 1.12 bits per heavy atom. The largest absolute Gasteiger partial charge is 0.144 e. The second-order valence-corrected chi connectivity index (χ2v) is 6.78. The number of rotatable bonds is 3. The van der Waals surface area contributed by atoms with E-state index in [1.54, 1.807) is 0 Å². The molecular weight excluding hydrogens is 292 g/mol. The summed E-state index contributed by atoms with van der Waals surface area (Å²) in [5.41, 5.74) is 2.79. The van der Waals surface area contributed by atoms with Gasteiger partial charge >= 0.3 is 0 Å². The van der Waals surface area contributed by atoms with Crippen LogP contribution in [0.15, 0.2) is 36.4 Å². The Kier molecular flexibility index (Phi) is 4.05. The number of aryl methyl sites for hydroxylation is 2. The lowest BCUT2D eigenvalue weighted by Crippen LogP contribution is -2.01. The van der Waals surface area contributed by atoms with Gasteiger partial charge in [-0.15, -0.1) is 11.3 Å². The maximum Gasteiger partial charge on any atom is 0.0557 e. The van der Waals surface area contributed by atoms with Crippen molar-refractivity contribution in [2.45, 2.75) is 31.5 Å². The maximum atomic E-state index is 3.86. The predicted octanol–water partition coefficient (Wildman–Crippen LogP) is 5.60. The zero-order valence-electron chi connectivity index (χ0n) is 10.4. The van der Waals surface area contributed by atoms with E-state index in [9.17, 15) is 0 Å². The quantitative estimate of drug-likeness (QED) is 0.647. The standard InChI is InChI=1S/C15H17BrS/c1-10-9-11(2)17-15(10)14(16)12(3)13-7-5-4-6-8-13/h4-9,12,14H,1-3H3. The third-order valence-electron chi connectivity index (χ3n) is 3.09. The van der Waals surface area contributed by atoms with Gasteiger partial charge in [0.25, 0.3) is 0 Å². The molecule has 0 bridgehead atoms. The lowest BCUT2D eigenvalue weighted by atomic mass is 9.96. The summed E-state index contributed by atoms with van der Waals surface area (Å²) in [5.74, 6) is 0.493. The molecule has 2 atom stereocenters. The van der Waals surface area contributed by atoms with E-state index in [2.05, 4.69) is 73.1 Å². The van der Waals surface area contributed by atoms with Crippen LogP contribution in [0.4, 0.5) is 0 Å². The lowest BCUT2D eigenvalue weighted by molar-refractivity contribution is 0.758. The molecule has 2 rings (SSSR count). The van der Waals surface area contributed by atoms with Crippen molar-refractivity contribution in [3.8, 4) is 0 Å². The molecule has 1 heterocycles. The van der Waals surface area contributed by atoms with Crippen LogP contribution in [0.3, 0.4) is 0 Å². The van der Waals surface area contributed by atoms with Crippen LogP contribution >= 0.6 is 27.3 Å². The summed E-state index contributed by atoms with van der Waals surface area (Å²) in [7, 11) is 0. The van der Waals surface area contributed by atoms with Crippen LogP contribution in [0.1, 0.15) is 38.6 Å². The van der Waals surface area contributed by atoms with Crippen molar-refractivity contribution in [1.29, 1.82) is 0 Å². The Morgan fingerprint density at radius 3 is 2.29 bits per heavy atom. The minimum atomic E-state index is 0.406. The molecule has 0 N–H and O–H groups in total. The highest BCUT2D eigenvalue weighted by atomic mass is 79.9. The molecule has 2 unspecified atom stereocenters. The fourth-order valence-corrected chi connectivity index (χ4v) is 4.15. The molecule has 1 aromatic carbocycles. The molecule has 0 spiro atoms. The smallest absolute Gasteiger partial charge is 0.0557 e. The second-order valence-electron chi connectivity index (χ2n) is 4.51. The fourth-order valence-electron chi connectivity index (χ4n) is 2.09. The van der Waals surface area contributed by atoms with Gasteiger partial charge in [-0.1, -0.05) is 53.2 Å². The molecule has 2 heteroatoms. The van der Waals surface area contributed by atoms with E-state index in [1.807, 2.05) is 11.3 Å². The average Bonchev–Trinajstić information content (AvgIpc) is 2.68. The number of benzene rings is 1. The Hall–Kier alpha value is -0.600. The van der Waals surface area contributed by atoms with E-state index in [-0.39, 0.29) is 0 Å². The molecule has 0 saturated heterocycles. The Morgan fingerprint density at radius 2 is 1.76 bits per heavy atom. The van der Waals surface area contributed by atoms with Crippen LogP contribution in [-0.2, 0) is 0 Å². The monoisotopic (exact) mass is 308 g/mol. The van der Waals surface area contributed by atoms with Crippen molar-refractivity contribution in [2.75, 3.05) is 0 Å². The molecule has 0 aliphatic rings. The number of hydrogen-bond acceptors (Lipinski definition) is 1. The molecule has 0 aliphatic heterocycles. The molecule has 2 aromatic rings. The molecule has 17 heavy (non-hydrogen) atoms. The van der Waals surface area contributed by atoms with E-state index >= 15 is 0 Å². The Balaban J connectivity index is 2.26. The number of thiophene rings is 1. The van der Waals surface area contributed by atoms with Crippen molar-refractivity contribution in [3.05, 3.63) is 57.3 Å². The van der Waals surface area contributed by atoms with Crippen LogP contribution in [0.5, 0.6) is 0 Å². The van der Waals surface area contributed by atoms with Gasteiger partial charge in [-0.05, 0) is 37.0 Å². The highest BCUT2D eigenvalue weighted by Crippen LogP contribution is 2.42. The molecule has 0 aliphatic carbocycles. The predicted molar refractivity (Wildman–Crippen MR) is 80.3 cm³/mol. The first kappa shape index (κ1) is 12.8. The minimum absolute atomic E-state index is 0.406. The average molecular weight is 309 g/mol. The zero-order chi connectivity index (χ0) is 12.4. The summed E-state index contributed by atoms with van der Waals surface area (Å²) in [5, 5.41) is 0. The van der Waals surface area contributed by atoms with Crippen LogP contribution < -0.4 is 0 Å². The Bertz CT molecular complexity index is 487. The van der Waals surface area contributed by atoms with Gasteiger partial charge in [0.2, 0.25) is 0 Å². The molecule has 1 aromatic heterocycles.